The van der Waals surface area contributed by atoms with E-state index in [9.17, 15) is 0 Å². The Hall–Kier alpha value is -0.810. The molecule has 0 fully saturated rings. The lowest BCUT2D eigenvalue weighted by molar-refractivity contribution is 0.0918. The number of hydrogen-bond acceptors (Lipinski definition) is 3. The SMILES string of the molecule is CC(C)CCNC(N)=NCCCOCCO. The van der Waals surface area contributed by atoms with Crippen molar-refractivity contribution in [3.63, 3.8) is 0 Å². The molecular weight excluding hydrogens is 206 g/mol. The van der Waals surface area contributed by atoms with Crippen molar-refractivity contribution in [1.82, 2.24) is 5.32 Å². The van der Waals surface area contributed by atoms with E-state index in [-0.39, 0.29) is 6.61 Å². The van der Waals surface area contributed by atoms with Crippen molar-refractivity contribution in [3.05, 3.63) is 0 Å². The van der Waals surface area contributed by atoms with Crippen molar-refractivity contribution >= 4 is 5.96 Å². The maximum atomic E-state index is 8.47. The van der Waals surface area contributed by atoms with Crippen LogP contribution in [0.4, 0.5) is 0 Å². The number of ether oxygens (including phenoxy) is 1. The van der Waals surface area contributed by atoms with Crippen LogP contribution in [0, 0.1) is 5.92 Å². The zero-order valence-electron chi connectivity index (χ0n) is 10.4. The van der Waals surface area contributed by atoms with Gasteiger partial charge in [-0.25, -0.2) is 0 Å². The van der Waals surface area contributed by atoms with E-state index in [0.717, 1.165) is 19.4 Å². The molecule has 0 aliphatic rings. The lowest BCUT2D eigenvalue weighted by Crippen LogP contribution is -2.33. The molecule has 0 amide bonds. The van der Waals surface area contributed by atoms with Gasteiger partial charge in [0, 0.05) is 19.7 Å². The van der Waals surface area contributed by atoms with Crippen LogP contribution in [-0.2, 0) is 4.74 Å². The summed E-state index contributed by atoms with van der Waals surface area (Å²) >= 11 is 0. The first-order valence-electron chi connectivity index (χ1n) is 5.89. The summed E-state index contributed by atoms with van der Waals surface area (Å²) in [4.78, 5) is 4.16. The third kappa shape index (κ3) is 11.3. The molecule has 0 radical (unpaired) electrons. The van der Waals surface area contributed by atoms with Crippen molar-refractivity contribution in [3.8, 4) is 0 Å². The van der Waals surface area contributed by atoms with E-state index in [1.807, 2.05) is 0 Å². The summed E-state index contributed by atoms with van der Waals surface area (Å²) in [6.07, 6.45) is 1.92. The van der Waals surface area contributed by atoms with Crippen molar-refractivity contribution in [1.29, 1.82) is 0 Å². The molecule has 0 heterocycles. The minimum atomic E-state index is 0.0716. The Labute approximate surface area is 98.1 Å². The van der Waals surface area contributed by atoms with Gasteiger partial charge in [-0.1, -0.05) is 13.8 Å². The van der Waals surface area contributed by atoms with E-state index in [1.165, 1.54) is 0 Å². The second kappa shape index (κ2) is 10.7. The number of nitrogens with zero attached hydrogens (tertiary/aromatic N) is 1. The topological polar surface area (TPSA) is 79.9 Å². The number of aliphatic imine (C=N–C) groups is 1. The summed E-state index contributed by atoms with van der Waals surface area (Å²) in [6.45, 7) is 6.96. The number of aliphatic hydroxyl groups excluding tert-OH is 1. The van der Waals surface area contributed by atoms with Gasteiger partial charge >= 0.3 is 0 Å². The highest BCUT2D eigenvalue weighted by atomic mass is 16.5. The average Bonchev–Trinajstić information content (AvgIpc) is 2.22. The summed E-state index contributed by atoms with van der Waals surface area (Å²) < 4.78 is 5.10. The molecule has 96 valence electrons. The molecule has 0 rings (SSSR count). The van der Waals surface area contributed by atoms with Crippen LogP contribution < -0.4 is 11.1 Å². The van der Waals surface area contributed by atoms with E-state index in [0.29, 0.717) is 31.6 Å². The molecular formula is C11H25N3O2. The highest BCUT2D eigenvalue weighted by molar-refractivity contribution is 5.77. The monoisotopic (exact) mass is 231 g/mol. The van der Waals surface area contributed by atoms with Crippen LogP contribution in [0.3, 0.4) is 0 Å². The number of nitrogens with one attached hydrogen (secondary N) is 1. The second-order valence-electron chi connectivity index (χ2n) is 4.07. The molecule has 4 N–H and O–H groups in total. The van der Waals surface area contributed by atoms with Crippen LogP contribution in [0.25, 0.3) is 0 Å². The summed E-state index contributed by atoms with van der Waals surface area (Å²) in [6, 6.07) is 0. The van der Waals surface area contributed by atoms with Crippen LogP contribution in [0.2, 0.25) is 0 Å². The average molecular weight is 231 g/mol. The molecule has 0 aliphatic carbocycles. The molecule has 0 aliphatic heterocycles. The normalized spacial score (nSPS) is 12.1. The van der Waals surface area contributed by atoms with Crippen LogP contribution >= 0.6 is 0 Å². The van der Waals surface area contributed by atoms with Gasteiger partial charge in [-0.15, -0.1) is 0 Å². The minimum absolute atomic E-state index is 0.0716. The largest absolute Gasteiger partial charge is 0.394 e. The van der Waals surface area contributed by atoms with Gasteiger partial charge in [0.25, 0.3) is 0 Å². The zero-order chi connectivity index (χ0) is 12.2. The van der Waals surface area contributed by atoms with Crippen LogP contribution in [0.5, 0.6) is 0 Å². The van der Waals surface area contributed by atoms with Crippen molar-refractivity contribution in [2.75, 3.05) is 32.9 Å². The third-order valence-corrected chi connectivity index (χ3v) is 1.99. The van der Waals surface area contributed by atoms with Gasteiger partial charge in [0.15, 0.2) is 5.96 Å². The van der Waals surface area contributed by atoms with E-state index < -0.39 is 0 Å². The van der Waals surface area contributed by atoms with Crippen LogP contribution in [0.1, 0.15) is 26.7 Å². The van der Waals surface area contributed by atoms with Gasteiger partial charge in [0.2, 0.25) is 0 Å². The van der Waals surface area contributed by atoms with Gasteiger partial charge in [0.1, 0.15) is 0 Å². The summed E-state index contributed by atoms with van der Waals surface area (Å²) in [5, 5.41) is 11.5. The highest BCUT2D eigenvalue weighted by Crippen LogP contribution is 1.95. The van der Waals surface area contributed by atoms with E-state index >= 15 is 0 Å². The first-order valence-corrected chi connectivity index (χ1v) is 5.89. The summed E-state index contributed by atoms with van der Waals surface area (Å²) in [5.41, 5.74) is 5.66. The standard InChI is InChI=1S/C11H25N3O2/c1-10(2)4-6-14-11(12)13-5-3-8-16-9-7-15/h10,15H,3-9H2,1-2H3,(H3,12,13,14). The molecule has 0 saturated carbocycles. The molecule has 0 aromatic heterocycles. The highest BCUT2D eigenvalue weighted by Gasteiger charge is 1.94. The van der Waals surface area contributed by atoms with E-state index in [2.05, 4.69) is 24.2 Å². The number of guanidine groups is 1. The Kier molecular flexibility index (Phi) is 10.2. The Bertz CT molecular complexity index is 184. The molecule has 5 heteroatoms. The Morgan fingerprint density at radius 1 is 1.44 bits per heavy atom. The van der Waals surface area contributed by atoms with Gasteiger partial charge in [-0.05, 0) is 18.8 Å². The molecule has 5 nitrogen and oxygen atoms in total. The summed E-state index contributed by atoms with van der Waals surface area (Å²) in [7, 11) is 0. The van der Waals surface area contributed by atoms with Gasteiger partial charge in [-0.3, -0.25) is 4.99 Å². The zero-order valence-corrected chi connectivity index (χ0v) is 10.4. The maximum absolute atomic E-state index is 8.47. The quantitative estimate of drug-likeness (QED) is 0.304. The Morgan fingerprint density at radius 2 is 2.19 bits per heavy atom. The predicted molar refractivity (Wildman–Crippen MR) is 66.5 cm³/mol. The smallest absolute Gasteiger partial charge is 0.188 e. The van der Waals surface area contributed by atoms with E-state index in [1.54, 1.807) is 0 Å². The van der Waals surface area contributed by atoms with Crippen molar-refractivity contribution in [2.24, 2.45) is 16.6 Å². The molecule has 0 bridgehead atoms. The van der Waals surface area contributed by atoms with Crippen LogP contribution in [-0.4, -0.2) is 44.0 Å². The van der Waals surface area contributed by atoms with Crippen LogP contribution in [0.15, 0.2) is 4.99 Å². The molecule has 0 spiro atoms. The van der Waals surface area contributed by atoms with Gasteiger partial charge in [0.05, 0.1) is 13.2 Å². The first kappa shape index (κ1) is 15.2. The number of aliphatic hydroxyl groups is 1. The fourth-order valence-electron chi connectivity index (χ4n) is 1.08. The molecule has 0 unspecified atom stereocenters. The third-order valence-electron chi connectivity index (χ3n) is 1.99. The molecule has 16 heavy (non-hydrogen) atoms. The predicted octanol–water partition coefficient (Wildman–Crippen LogP) is 0.336. The molecule has 0 aromatic carbocycles. The van der Waals surface area contributed by atoms with Gasteiger partial charge in [-0.2, -0.15) is 0 Å². The van der Waals surface area contributed by atoms with Crippen molar-refractivity contribution in [2.45, 2.75) is 26.7 Å². The summed E-state index contributed by atoms with van der Waals surface area (Å²) in [5.74, 6) is 1.18. The molecule has 0 atom stereocenters. The molecule has 0 aromatic rings. The number of hydrogen-bond donors (Lipinski definition) is 3. The van der Waals surface area contributed by atoms with Gasteiger partial charge < -0.3 is 20.9 Å². The minimum Gasteiger partial charge on any atom is -0.394 e. The lowest BCUT2D eigenvalue weighted by Gasteiger charge is -2.07. The van der Waals surface area contributed by atoms with Crippen molar-refractivity contribution < 1.29 is 9.84 Å². The number of nitrogens with two attached hydrogens (primary N) is 1. The molecule has 0 saturated heterocycles. The second-order valence-corrected chi connectivity index (χ2v) is 4.07. The number of rotatable bonds is 9. The van der Waals surface area contributed by atoms with E-state index in [4.69, 9.17) is 15.6 Å². The fourth-order valence-corrected chi connectivity index (χ4v) is 1.08. The first-order chi connectivity index (χ1) is 7.66. The fraction of sp³-hybridized carbons (Fsp3) is 0.909. The Balaban J connectivity index is 3.33. The lowest BCUT2D eigenvalue weighted by atomic mass is 10.1. The Morgan fingerprint density at radius 3 is 2.81 bits per heavy atom. The maximum Gasteiger partial charge on any atom is 0.188 e.